The maximum Gasteiger partial charge on any atom is 0.220 e. The summed E-state index contributed by atoms with van der Waals surface area (Å²) < 4.78 is 16.8. The molecule has 0 spiro atoms. The third kappa shape index (κ3) is 3.82. The van der Waals surface area contributed by atoms with Crippen LogP contribution < -0.4 is 10.1 Å². The van der Waals surface area contributed by atoms with Crippen molar-refractivity contribution in [3.8, 4) is 5.75 Å². The molecule has 0 aliphatic carbocycles. The molecule has 0 saturated carbocycles. The Labute approximate surface area is 133 Å². The summed E-state index contributed by atoms with van der Waals surface area (Å²) in [6, 6.07) is 6.06. The van der Waals surface area contributed by atoms with Crippen LogP contribution in [-0.2, 0) is 23.8 Å². The molecule has 0 saturated heterocycles. The van der Waals surface area contributed by atoms with E-state index >= 15 is 0 Å². The first-order valence-corrected chi connectivity index (χ1v) is 8.67. The first kappa shape index (κ1) is 16.4. The third-order valence-electron chi connectivity index (χ3n) is 3.40. The Morgan fingerprint density at radius 3 is 2.73 bits per heavy atom. The maximum absolute atomic E-state index is 11.5. The fraction of sp³-hybridized carbons (Fsp3) is 0.375. The number of nitrogens with zero attached hydrogens (tertiary/aromatic N) is 2. The Kier molecular flexibility index (Phi) is 5.49. The van der Waals surface area contributed by atoms with Gasteiger partial charge < -0.3 is 10.1 Å². The number of hydrogen-bond acceptors (Lipinski definition) is 5. The molecule has 0 aliphatic heterocycles. The fourth-order valence-electron chi connectivity index (χ4n) is 2.18. The summed E-state index contributed by atoms with van der Waals surface area (Å²) in [5, 5.41) is 3.67. The SMILES string of the molecule is CCc1cnc(S(C)=O)nc1NCc1ccc(OC)c(C)c1. The van der Waals surface area contributed by atoms with Gasteiger partial charge in [-0.05, 0) is 30.5 Å². The molecule has 0 aliphatic rings. The second-order valence-electron chi connectivity index (χ2n) is 4.99. The Morgan fingerprint density at radius 2 is 2.14 bits per heavy atom. The van der Waals surface area contributed by atoms with Crippen molar-refractivity contribution in [1.82, 2.24) is 9.97 Å². The minimum absolute atomic E-state index is 0.352. The molecule has 1 unspecified atom stereocenters. The first-order valence-electron chi connectivity index (χ1n) is 7.11. The largest absolute Gasteiger partial charge is 0.496 e. The molecule has 1 aromatic carbocycles. The van der Waals surface area contributed by atoms with E-state index in [-0.39, 0.29) is 0 Å². The van der Waals surface area contributed by atoms with Crippen LogP contribution in [0.25, 0.3) is 0 Å². The van der Waals surface area contributed by atoms with Crippen LogP contribution in [0.3, 0.4) is 0 Å². The number of benzene rings is 1. The van der Waals surface area contributed by atoms with Gasteiger partial charge in [-0.3, -0.25) is 4.21 Å². The Balaban J connectivity index is 2.18. The zero-order chi connectivity index (χ0) is 16.1. The van der Waals surface area contributed by atoms with Crippen LogP contribution >= 0.6 is 0 Å². The standard InChI is InChI=1S/C16H21N3O2S/c1-5-13-10-18-16(22(4)20)19-15(13)17-9-12-6-7-14(21-3)11(2)8-12/h6-8,10H,5,9H2,1-4H3,(H,17,18,19). The Bertz CT molecular complexity index is 689. The third-order valence-corrected chi connectivity index (χ3v) is 4.11. The minimum Gasteiger partial charge on any atom is -0.496 e. The van der Waals surface area contributed by atoms with E-state index in [0.29, 0.717) is 11.7 Å². The van der Waals surface area contributed by atoms with Gasteiger partial charge in [0, 0.05) is 24.6 Å². The van der Waals surface area contributed by atoms with E-state index in [4.69, 9.17) is 4.74 Å². The normalized spacial score (nSPS) is 12.0. The van der Waals surface area contributed by atoms with Crippen molar-refractivity contribution >= 4 is 16.6 Å². The molecule has 1 N–H and O–H groups in total. The molecule has 0 radical (unpaired) electrons. The zero-order valence-electron chi connectivity index (χ0n) is 13.3. The summed E-state index contributed by atoms with van der Waals surface area (Å²) in [7, 11) is 0.483. The maximum atomic E-state index is 11.5. The molecule has 2 rings (SSSR count). The summed E-state index contributed by atoms with van der Waals surface area (Å²) in [5.41, 5.74) is 3.24. The van der Waals surface area contributed by atoms with Gasteiger partial charge in [0.2, 0.25) is 5.16 Å². The van der Waals surface area contributed by atoms with Crippen LogP contribution in [0.4, 0.5) is 5.82 Å². The van der Waals surface area contributed by atoms with Crippen LogP contribution in [0.2, 0.25) is 0 Å². The van der Waals surface area contributed by atoms with Crippen LogP contribution in [0.1, 0.15) is 23.6 Å². The van der Waals surface area contributed by atoms with E-state index < -0.39 is 10.8 Å². The van der Waals surface area contributed by atoms with Crippen LogP contribution in [-0.4, -0.2) is 27.5 Å². The summed E-state index contributed by atoms with van der Waals surface area (Å²) >= 11 is 0. The van der Waals surface area contributed by atoms with Crippen molar-refractivity contribution in [3.05, 3.63) is 41.1 Å². The highest BCUT2D eigenvalue weighted by molar-refractivity contribution is 7.84. The lowest BCUT2D eigenvalue weighted by atomic mass is 10.1. The zero-order valence-corrected chi connectivity index (χ0v) is 14.2. The number of ether oxygens (including phenoxy) is 1. The first-order chi connectivity index (χ1) is 10.5. The van der Waals surface area contributed by atoms with Gasteiger partial charge in [-0.2, -0.15) is 0 Å². The van der Waals surface area contributed by atoms with E-state index in [1.54, 1.807) is 19.6 Å². The molecular formula is C16H21N3O2S. The summed E-state index contributed by atoms with van der Waals surface area (Å²) in [5.74, 6) is 1.62. The minimum atomic E-state index is -1.18. The highest BCUT2D eigenvalue weighted by atomic mass is 32.2. The second-order valence-corrected chi connectivity index (χ2v) is 6.27. The number of aryl methyl sites for hydroxylation is 2. The monoisotopic (exact) mass is 319 g/mol. The van der Waals surface area contributed by atoms with Crippen molar-refractivity contribution in [3.63, 3.8) is 0 Å². The van der Waals surface area contributed by atoms with Crippen molar-refractivity contribution in [1.29, 1.82) is 0 Å². The van der Waals surface area contributed by atoms with Gasteiger partial charge >= 0.3 is 0 Å². The van der Waals surface area contributed by atoms with Gasteiger partial charge in [0.05, 0.1) is 17.9 Å². The van der Waals surface area contributed by atoms with Crippen molar-refractivity contribution < 1.29 is 8.95 Å². The van der Waals surface area contributed by atoms with E-state index in [0.717, 1.165) is 34.7 Å². The van der Waals surface area contributed by atoms with Crippen molar-refractivity contribution in [2.75, 3.05) is 18.7 Å². The van der Waals surface area contributed by atoms with Gasteiger partial charge in [0.25, 0.3) is 0 Å². The summed E-state index contributed by atoms with van der Waals surface area (Å²) in [4.78, 5) is 8.50. The molecule has 6 heteroatoms. The van der Waals surface area contributed by atoms with E-state index in [1.165, 1.54) is 0 Å². The lowest BCUT2D eigenvalue weighted by Crippen LogP contribution is -2.08. The lowest BCUT2D eigenvalue weighted by molar-refractivity contribution is 0.411. The number of aromatic nitrogens is 2. The fourth-order valence-corrected chi connectivity index (χ4v) is 2.60. The van der Waals surface area contributed by atoms with Gasteiger partial charge in [0.1, 0.15) is 11.6 Å². The molecule has 0 amide bonds. The molecule has 1 aromatic heterocycles. The van der Waals surface area contributed by atoms with Gasteiger partial charge in [-0.25, -0.2) is 9.97 Å². The highest BCUT2D eigenvalue weighted by Crippen LogP contribution is 2.20. The van der Waals surface area contributed by atoms with Gasteiger partial charge in [-0.1, -0.05) is 19.1 Å². The topological polar surface area (TPSA) is 64.1 Å². The quantitative estimate of drug-likeness (QED) is 0.829. The molecule has 5 nitrogen and oxygen atoms in total. The average Bonchev–Trinajstić information content (AvgIpc) is 2.52. The second kappa shape index (κ2) is 7.35. The van der Waals surface area contributed by atoms with Crippen LogP contribution in [0.5, 0.6) is 5.75 Å². The molecule has 118 valence electrons. The molecular weight excluding hydrogens is 298 g/mol. The predicted molar refractivity (Wildman–Crippen MR) is 88.8 cm³/mol. The average molecular weight is 319 g/mol. The van der Waals surface area contributed by atoms with Crippen molar-refractivity contribution in [2.24, 2.45) is 0 Å². The smallest absolute Gasteiger partial charge is 0.220 e. The van der Waals surface area contributed by atoms with E-state index in [1.807, 2.05) is 26.0 Å². The molecule has 1 atom stereocenters. The van der Waals surface area contributed by atoms with Crippen molar-refractivity contribution in [2.45, 2.75) is 32.0 Å². The van der Waals surface area contributed by atoms with Gasteiger partial charge in [-0.15, -0.1) is 0 Å². The van der Waals surface area contributed by atoms with Gasteiger partial charge in [0.15, 0.2) is 0 Å². The summed E-state index contributed by atoms with van der Waals surface area (Å²) in [6.45, 7) is 4.71. The van der Waals surface area contributed by atoms with E-state index in [2.05, 4.69) is 21.4 Å². The predicted octanol–water partition coefficient (Wildman–Crippen LogP) is 2.71. The number of rotatable bonds is 6. The number of nitrogens with one attached hydrogen (secondary N) is 1. The van der Waals surface area contributed by atoms with Crippen LogP contribution in [0, 0.1) is 6.92 Å². The Morgan fingerprint density at radius 1 is 1.36 bits per heavy atom. The highest BCUT2D eigenvalue weighted by Gasteiger charge is 2.08. The molecule has 22 heavy (non-hydrogen) atoms. The molecule has 2 aromatic rings. The van der Waals surface area contributed by atoms with E-state index in [9.17, 15) is 4.21 Å². The molecule has 0 bridgehead atoms. The number of methoxy groups -OCH3 is 1. The number of hydrogen-bond donors (Lipinski definition) is 1. The molecule has 1 heterocycles. The lowest BCUT2D eigenvalue weighted by Gasteiger charge is -2.12. The van der Waals surface area contributed by atoms with Crippen LogP contribution in [0.15, 0.2) is 29.6 Å². The molecule has 0 fully saturated rings. The Hall–Kier alpha value is -1.95. The summed E-state index contributed by atoms with van der Waals surface area (Å²) in [6.07, 6.45) is 4.14. The number of anilines is 1.